The Bertz CT molecular complexity index is 540. The van der Waals surface area contributed by atoms with Crippen molar-refractivity contribution in [3.05, 3.63) is 23.3 Å². The summed E-state index contributed by atoms with van der Waals surface area (Å²) in [5.41, 5.74) is 4.85. The topological polar surface area (TPSA) is 36.9 Å². The highest BCUT2D eigenvalue weighted by molar-refractivity contribution is 6.64. The van der Waals surface area contributed by atoms with Gasteiger partial charge in [-0.2, -0.15) is 0 Å². The van der Waals surface area contributed by atoms with Crippen molar-refractivity contribution in [2.24, 2.45) is 0 Å². The summed E-state index contributed by atoms with van der Waals surface area (Å²) in [5.74, 6) is 0. The van der Waals surface area contributed by atoms with Crippen LogP contribution < -0.4 is 10.9 Å². The molecule has 0 spiro atoms. The van der Waals surface area contributed by atoms with Gasteiger partial charge in [0.25, 0.3) is 0 Å². The molecule has 0 atom stereocenters. The van der Waals surface area contributed by atoms with Gasteiger partial charge in [-0.25, -0.2) is 0 Å². The Hall–Kier alpha value is -0.810. The Morgan fingerprint density at radius 1 is 0.760 bits per heavy atom. The maximum Gasteiger partial charge on any atom is 0.494 e. The molecule has 0 bridgehead atoms. The normalized spacial score (nSPS) is 17.7. The Labute approximate surface area is 152 Å². The highest BCUT2D eigenvalue weighted by Gasteiger charge is 2.33. The van der Waals surface area contributed by atoms with Gasteiger partial charge in [-0.1, -0.05) is 56.7 Å². The summed E-state index contributed by atoms with van der Waals surface area (Å²) in [5, 5.41) is 0. The third kappa shape index (κ3) is 5.10. The van der Waals surface area contributed by atoms with Crippen molar-refractivity contribution in [1.29, 1.82) is 0 Å². The Balaban J connectivity index is 1.70. The lowest BCUT2D eigenvalue weighted by Gasteiger charge is -2.17. The minimum absolute atomic E-state index is 0.215. The predicted octanol–water partition coefficient (Wildman–Crippen LogP) is 2.38. The van der Waals surface area contributed by atoms with Crippen LogP contribution in [0.5, 0.6) is 0 Å². The monoisotopic (exact) mass is 344 g/mol. The number of rotatable bonds is 9. The molecule has 2 aliphatic rings. The smallest absolute Gasteiger partial charge is 0.405 e. The quantitative estimate of drug-likeness (QED) is 0.509. The predicted molar refractivity (Wildman–Crippen MR) is 103 cm³/mol. The van der Waals surface area contributed by atoms with Crippen LogP contribution in [0.15, 0.2) is 12.1 Å². The van der Waals surface area contributed by atoms with Gasteiger partial charge in [-0.05, 0) is 36.3 Å². The molecule has 4 nitrogen and oxygen atoms in total. The molecule has 0 unspecified atom stereocenters. The standard InChI is InChI=1S/C19H30B2O4/c1-3-4-5-6-7-8-9-17-15-18(20-22-10-11-23-20)16(2)14-19(17)21-24-12-13-25-21/h14-15H,3-13H2,1-2H3. The van der Waals surface area contributed by atoms with Crippen molar-refractivity contribution >= 4 is 25.2 Å². The van der Waals surface area contributed by atoms with E-state index >= 15 is 0 Å². The van der Waals surface area contributed by atoms with E-state index in [0.29, 0.717) is 26.4 Å². The molecule has 3 rings (SSSR count). The average molecular weight is 344 g/mol. The molecule has 0 aromatic heterocycles. The van der Waals surface area contributed by atoms with E-state index in [4.69, 9.17) is 18.6 Å². The zero-order valence-electron chi connectivity index (χ0n) is 15.7. The van der Waals surface area contributed by atoms with Crippen molar-refractivity contribution < 1.29 is 18.6 Å². The number of unbranched alkanes of at least 4 members (excludes halogenated alkanes) is 5. The average Bonchev–Trinajstić information content (AvgIpc) is 3.32. The zero-order valence-corrected chi connectivity index (χ0v) is 15.7. The highest BCUT2D eigenvalue weighted by Crippen LogP contribution is 2.13. The lowest BCUT2D eigenvalue weighted by molar-refractivity contribution is 0.365. The highest BCUT2D eigenvalue weighted by atomic mass is 16.6. The van der Waals surface area contributed by atoms with Crippen LogP contribution in [0.2, 0.25) is 0 Å². The van der Waals surface area contributed by atoms with E-state index in [1.165, 1.54) is 55.1 Å². The third-order valence-corrected chi connectivity index (χ3v) is 5.08. The molecule has 2 heterocycles. The molecule has 25 heavy (non-hydrogen) atoms. The van der Waals surface area contributed by atoms with Gasteiger partial charge >= 0.3 is 14.2 Å². The molecule has 1 aromatic carbocycles. The number of benzene rings is 1. The number of aryl methyl sites for hydroxylation is 2. The fourth-order valence-corrected chi connectivity index (χ4v) is 3.66. The SMILES string of the molecule is CCCCCCCCc1cc(B2OCCO2)c(C)cc1B1OCCO1. The Morgan fingerprint density at radius 2 is 1.32 bits per heavy atom. The van der Waals surface area contributed by atoms with Gasteiger partial charge < -0.3 is 18.6 Å². The first-order chi connectivity index (χ1) is 12.3. The largest absolute Gasteiger partial charge is 0.494 e. The lowest BCUT2D eigenvalue weighted by Crippen LogP contribution is -2.41. The summed E-state index contributed by atoms with van der Waals surface area (Å²) >= 11 is 0. The van der Waals surface area contributed by atoms with Crippen molar-refractivity contribution in [2.45, 2.75) is 58.8 Å². The van der Waals surface area contributed by atoms with E-state index in [-0.39, 0.29) is 14.2 Å². The summed E-state index contributed by atoms with van der Waals surface area (Å²) in [6.07, 6.45) is 8.87. The molecule has 0 radical (unpaired) electrons. The number of hydrogen-bond acceptors (Lipinski definition) is 4. The first kappa shape index (κ1) is 19.0. The molecule has 136 valence electrons. The van der Waals surface area contributed by atoms with Crippen LogP contribution in [0.25, 0.3) is 0 Å². The molecule has 2 fully saturated rings. The van der Waals surface area contributed by atoms with Crippen LogP contribution in [0, 0.1) is 6.92 Å². The summed E-state index contributed by atoms with van der Waals surface area (Å²) in [7, 11) is -0.434. The summed E-state index contributed by atoms with van der Waals surface area (Å²) < 4.78 is 23.0. The van der Waals surface area contributed by atoms with Crippen LogP contribution in [0.3, 0.4) is 0 Å². The maximum absolute atomic E-state index is 5.77. The van der Waals surface area contributed by atoms with Crippen LogP contribution >= 0.6 is 0 Å². The Morgan fingerprint density at radius 3 is 1.96 bits per heavy atom. The van der Waals surface area contributed by atoms with Gasteiger partial charge in [0.1, 0.15) is 0 Å². The van der Waals surface area contributed by atoms with Crippen LogP contribution in [0.4, 0.5) is 0 Å². The minimum Gasteiger partial charge on any atom is -0.405 e. The van der Waals surface area contributed by atoms with Gasteiger partial charge in [0, 0.05) is 0 Å². The van der Waals surface area contributed by atoms with Crippen LogP contribution in [-0.2, 0) is 25.0 Å². The second kappa shape index (κ2) is 9.77. The van der Waals surface area contributed by atoms with E-state index in [1.54, 1.807) is 0 Å². The molecule has 2 aliphatic heterocycles. The van der Waals surface area contributed by atoms with E-state index in [9.17, 15) is 0 Å². The second-order valence-electron chi connectivity index (χ2n) is 7.07. The molecule has 1 aromatic rings. The molecule has 0 N–H and O–H groups in total. The molecule has 2 saturated heterocycles. The maximum atomic E-state index is 5.77. The first-order valence-electron chi connectivity index (χ1n) is 9.89. The molecular formula is C19H30B2O4. The van der Waals surface area contributed by atoms with E-state index < -0.39 is 0 Å². The van der Waals surface area contributed by atoms with Crippen molar-refractivity contribution in [1.82, 2.24) is 0 Å². The van der Waals surface area contributed by atoms with Gasteiger partial charge in [0.15, 0.2) is 0 Å². The van der Waals surface area contributed by atoms with Gasteiger partial charge in [0.2, 0.25) is 0 Å². The van der Waals surface area contributed by atoms with Crippen LogP contribution in [0.1, 0.15) is 56.6 Å². The summed E-state index contributed by atoms with van der Waals surface area (Å²) in [6, 6.07) is 4.47. The van der Waals surface area contributed by atoms with Crippen molar-refractivity contribution in [3.8, 4) is 0 Å². The van der Waals surface area contributed by atoms with Gasteiger partial charge in [-0.3, -0.25) is 0 Å². The minimum atomic E-state index is -0.220. The molecule has 0 amide bonds. The van der Waals surface area contributed by atoms with E-state index in [1.807, 2.05) is 0 Å². The number of hydrogen-bond donors (Lipinski definition) is 0. The third-order valence-electron chi connectivity index (χ3n) is 5.08. The molecule has 0 aliphatic carbocycles. The molecule has 0 saturated carbocycles. The first-order valence-corrected chi connectivity index (χ1v) is 9.89. The van der Waals surface area contributed by atoms with Crippen LogP contribution in [-0.4, -0.2) is 40.7 Å². The molecular weight excluding hydrogens is 314 g/mol. The van der Waals surface area contributed by atoms with Crippen molar-refractivity contribution in [2.75, 3.05) is 26.4 Å². The van der Waals surface area contributed by atoms with Gasteiger partial charge in [0.05, 0.1) is 26.4 Å². The van der Waals surface area contributed by atoms with E-state index in [0.717, 1.165) is 11.9 Å². The molecule has 6 heteroatoms. The van der Waals surface area contributed by atoms with Crippen molar-refractivity contribution in [3.63, 3.8) is 0 Å². The van der Waals surface area contributed by atoms with Gasteiger partial charge in [-0.15, -0.1) is 0 Å². The Kier molecular flexibility index (Phi) is 7.41. The van der Waals surface area contributed by atoms with E-state index in [2.05, 4.69) is 26.0 Å². The second-order valence-corrected chi connectivity index (χ2v) is 7.07. The zero-order chi connectivity index (χ0) is 17.5. The lowest BCUT2D eigenvalue weighted by atomic mass is 9.68. The fraction of sp³-hybridized carbons (Fsp3) is 0.684. The summed E-state index contributed by atoms with van der Waals surface area (Å²) in [4.78, 5) is 0. The summed E-state index contributed by atoms with van der Waals surface area (Å²) in [6.45, 7) is 7.08. The fourth-order valence-electron chi connectivity index (χ4n) is 3.66.